The minimum Gasteiger partial charge on any atom is -0.446 e. The highest BCUT2D eigenvalue weighted by molar-refractivity contribution is 5.76. The molecule has 4 N–H and O–H groups in total. The van der Waals surface area contributed by atoms with Gasteiger partial charge in [-0.05, 0) is 54.9 Å². The number of hydrogen-bond donors (Lipinski definition) is 4. The Bertz CT molecular complexity index is 803. The monoisotopic (exact) mass is 460 g/mol. The topological polar surface area (TPSA) is 108 Å². The Balaban J connectivity index is 1.72. The minimum atomic E-state index is -0.630. The number of nitrogens with one attached hydrogen (secondary N) is 2. The van der Waals surface area contributed by atoms with Crippen molar-refractivity contribution >= 4 is 12.0 Å². The number of carbonyl (C=O) groups is 2. The molecule has 2 amide bonds. The van der Waals surface area contributed by atoms with Gasteiger partial charge < -0.3 is 25.6 Å². The molecule has 33 heavy (non-hydrogen) atoms. The summed E-state index contributed by atoms with van der Waals surface area (Å²) in [6.07, 6.45) is 2.27. The van der Waals surface area contributed by atoms with E-state index >= 15 is 0 Å². The van der Waals surface area contributed by atoms with Crippen molar-refractivity contribution in [1.82, 2.24) is 10.6 Å². The zero-order valence-corrected chi connectivity index (χ0v) is 20.2. The number of hydrogen-bond acceptors (Lipinski definition) is 5. The predicted octanol–water partition coefficient (Wildman–Crippen LogP) is 3.38. The molecule has 0 spiro atoms. The minimum absolute atomic E-state index is 0.0306. The normalized spacial score (nSPS) is 33.6. The lowest BCUT2D eigenvalue weighted by atomic mass is 9.46. The summed E-state index contributed by atoms with van der Waals surface area (Å²) in [5.74, 6) is -0.261. The molecule has 3 rings (SSSR count). The Morgan fingerprint density at radius 2 is 1.85 bits per heavy atom. The molecule has 2 saturated carbocycles. The lowest BCUT2D eigenvalue weighted by molar-refractivity contribution is -0.186. The molecule has 1 aromatic rings. The number of aliphatic hydroxyl groups excluding tert-OH is 2. The van der Waals surface area contributed by atoms with Gasteiger partial charge in [0.25, 0.3) is 0 Å². The van der Waals surface area contributed by atoms with Crippen LogP contribution in [0.15, 0.2) is 30.3 Å². The molecule has 0 saturated heterocycles. The standard InChI is InChI=1S/C26H40N2O5/c1-4-14-27-24(32)33-22-12-13-25(2)19(20(30)10-11-21(25)26(22,3)17-29)15-23(31)28-16-18-8-6-5-7-9-18/h5-9,19-22,29-30H,4,10-17H2,1-3H3,(H,27,32)(H,28,31)/t19-,20-,21?,22-,25+,26+/m1/s1. The van der Waals surface area contributed by atoms with Crippen LogP contribution in [0.4, 0.5) is 4.79 Å². The van der Waals surface area contributed by atoms with Crippen LogP contribution in [0.3, 0.4) is 0 Å². The molecular weight excluding hydrogens is 420 g/mol. The second-order valence-corrected chi connectivity index (χ2v) is 10.3. The van der Waals surface area contributed by atoms with Crippen molar-refractivity contribution in [3.8, 4) is 0 Å². The largest absolute Gasteiger partial charge is 0.446 e. The van der Waals surface area contributed by atoms with Crippen molar-refractivity contribution in [2.24, 2.45) is 22.7 Å². The summed E-state index contributed by atoms with van der Waals surface area (Å²) in [6, 6.07) is 9.76. The summed E-state index contributed by atoms with van der Waals surface area (Å²) in [4.78, 5) is 25.1. The average molecular weight is 461 g/mol. The molecule has 1 aromatic carbocycles. The van der Waals surface area contributed by atoms with E-state index in [4.69, 9.17) is 4.74 Å². The summed E-state index contributed by atoms with van der Waals surface area (Å²) in [5.41, 5.74) is 0.0695. The van der Waals surface area contributed by atoms with Crippen LogP contribution >= 0.6 is 0 Å². The van der Waals surface area contributed by atoms with Gasteiger partial charge in [-0.3, -0.25) is 4.79 Å². The van der Waals surface area contributed by atoms with Gasteiger partial charge in [-0.25, -0.2) is 4.79 Å². The molecule has 0 heterocycles. The molecule has 7 nitrogen and oxygen atoms in total. The average Bonchev–Trinajstić information content (AvgIpc) is 2.81. The van der Waals surface area contributed by atoms with Crippen molar-refractivity contribution in [1.29, 1.82) is 0 Å². The molecule has 2 aliphatic rings. The summed E-state index contributed by atoms with van der Waals surface area (Å²) in [7, 11) is 0. The van der Waals surface area contributed by atoms with Gasteiger partial charge in [-0.15, -0.1) is 0 Å². The van der Waals surface area contributed by atoms with E-state index in [0.717, 1.165) is 24.8 Å². The first-order valence-electron chi connectivity index (χ1n) is 12.3. The van der Waals surface area contributed by atoms with Gasteiger partial charge in [0.2, 0.25) is 5.91 Å². The number of benzene rings is 1. The molecule has 2 aliphatic carbocycles. The molecule has 0 aliphatic heterocycles. The first-order chi connectivity index (χ1) is 15.7. The number of carbonyl (C=O) groups excluding carboxylic acids is 2. The third kappa shape index (κ3) is 5.52. The molecule has 2 fully saturated rings. The van der Waals surface area contributed by atoms with Crippen molar-refractivity contribution in [2.75, 3.05) is 13.2 Å². The van der Waals surface area contributed by atoms with Gasteiger partial charge in [0.15, 0.2) is 0 Å². The highest BCUT2D eigenvalue weighted by Crippen LogP contribution is 2.61. The van der Waals surface area contributed by atoms with Crippen LogP contribution in [0.2, 0.25) is 0 Å². The van der Waals surface area contributed by atoms with Crippen LogP contribution in [-0.4, -0.2) is 47.6 Å². The van der Waals surface area contributed by atoms with E-state index < -0.39 is 23.7 Å². The second-order valence-electron chi connectivity index (χ2n) is 10.3. The van der Waals surface area contributed by atoms with E-state index in [2.05, 4.69) is 17.6 Å². The van der Waals surface area contributed by atoms with Gasteiger partial charge in [-0.2, -0.15) is 0 Å². The number of ether oxygens (including phenoxy) is 1. The van der Waals surface area contributed by atoms with Crippen molar-refractivity contribution in [3.05, 3.63) is 35.9 Å². The molecule has 0 bridgehead atoms. The first kappa shape index (κ1) is 25.5. The maximum absolute atomic E-state index is 12.8. The number of rotatable bonds is 8. The molecule has 7 heteroatoms. The van der Waals surface area contributed by atoms with E-state index in [0.29, 0.717) is 25.9 Å². The van der Waals surface area contributed by atoms with Crippen LogP contribution in [-0.2, 0) is 16.1 Å². The number of amides is 2. The number of aliphatic hydroxyl groups is 2. The summed E-state index contributed by atoms with van der Waals surface area (Å²) >= 11 is 0. The van der Waals surface area contributed by atoms with Crippen LogP contribution in [0.1, 0.15) is 64.9 Å². The Morgan fingerprint density at radius 3 is 2.52 bits per heavy atom. The highest BCUT2D eigenvalue weighted by atomic mass is 16.6. The quantitative estimate of drug-likeness (QED) is 0.476. The van der Waals surface area contributed by atoms with Crippen molar-refractivity contribution in [3.63, 3.8) is 0 Å². The summed E-state index contributed by atoms with van der Waals surface area (Å²) in [6.45, 7) is 7.00. The van der Waals surface area contributed by atoms with Gasteiger partial charge in [0.05, 0.1) is 12.7 Å². The zero-order valence-electron chi connectivity index (χ0n) is 20.2. The molecule has 1 unspecified atom stereocenters. The lowest BCUT2D eigenvalue weighted by Gasteiger charge is -2.60. The predicted molar refractivity (Wildman–Crippen MR) is 126 cm³/mol. The summed E-state index contributed by atoms with van der Waals surface area (Å²) < 4.78 is 5.77. The molecule has 184 valence electrons. The van der Waals surface area contributed by atoms with E-state index in [-0.39, 0.29) is 36.2 Å². The Morgan fingerprint density at radius 1 is 1.12 bits per heavy atom. The Hall–Kier alpha value is -2.12. The smallest absolute Gasteiger partial charge is 0.407 e. The van der Waals surface area contributed by atoms with E-state index in [1.807, 2.05) is 44.2 Å². The highest BCUT2D eigenvalue weighted by Gasteiger charge is 2.60. The van der Waals surface area contributed by atoms with Crippen molar-refractivity contribution < 1.29 is 24.5 Å². The Labute approximate surface area is 197 Å². The van der Waals surface area contributed by atoms with Gasteiger partial charge in [0, 0.05) is 24.9 Å². The summed E-state index contributed by atoms with van der Waals surface area (Å²) in [5, 5.41) is 27.1. The number of fused-ring (bicyclic) bond motifs is 1. The maximum atomic E-state index is 12.8. The zero-order chi connectivity index (χ0) is 24.1. The maximum Gasteiger partial charge on any atom is 0.407 e. The third-order valence-corrected chi connectivity index (χ3v) is 8.18. The van der Waals surface area contributed by atoms with E-state index in [1.54, 1.807) is 0 Å². The molecule has 0 radical (unpaired) electrons. The van der Waals surface area contributed by atoms with Crippen LogP contribution in [0, 0.1) is 22.7 Å². The van der Waals surface area contributed by atoms with Crippen LogP contribution < -0.4 is 10.6 Å². The molecular formula is C26H40N2O5. The van der Waals surface area contributed by atoms with Gasteiger partial charge >= 0.3 is 6.09 Å². The fourth-order valence-electron chi connectivity index (χ4n) is 6.25. The SMILES string of the molecule is CCCNC(=O)O[C@@H]1CC[C@]2(C)C(CC[C@@H](O)[C@H]2CC(=O)NCc2ccccc2)[C@]1(C)CO. The second kappa shape index (κ2) is 10.9. The van der Waals surface area contributed by atoms with Crippen molar-refractivity contribution in [2.45, 2.75) is 78.0 Å². The van der Waals surface area contributed by atoms with E-state index in [9.17, 15) is 19.8 Å². The first-order valence-corrected chi connectivity index (χ1v) is 12.3. The number of alkyl carbamates (subject to hydrolysis) is 1. The van der Waals surface area contributed by atoms with Gasteiger partial charge in [0.1, 0.15) is 6.10 Å². The fourth-order valence-corrected chi connectivity index (χ4v) is 6.25. The lowest BCUT2D eigenvalue weighted by Crippen LogP contribution is -2.61. The van der Waals surface area contributed by atoms with Gasteiger partial charge in [-0.1, -0.05) is 51.1 Å². The van der Waals surface area contributed by atoms with Crippen LogP contribution in [0.25, 0.3) is 0 Å². The van der Waals surface area contributed by atoms with Crippen LogP contribution in [0.5, 0.6) is 0 Å². The fraction of sp³-hybridized carbons (Fsp3) is 0.692. The molecule has 6 atom stereocenters. The Kier molecular flexibility index (Phi) is 8.40. The van der Waals surface area contributed by atoms with E-state index in [1.165, 1.54) is 0 Å². The third-order valence-electron chi connectivity index (χ3n) is 8.18. The molecule has 0 aromatic heterocycles.